The summed E-state index contributed by atoms with van der Waals surface area (Å²) < 4.78 is 20.4. The lowest BCUT2D eigenvalue weighted by atomic mass is 10.1. The Labute approximate surface area is 211 Å². The maximum absolute atomic E-state index is 12.0. The lowest BCUT2D eigenvalue weighted by Crippen LogP contribution is -2.38. The van der Waals surface area contributed by atoms with Gasteiger partial charge >= 0.3 is 12.0 Å². The number of nitrogens with zero attached hydrogens (tertiary/aromatic N) is 4. The number of imidazole rings is 1. The van der Waals surface area contributed by atoms with Gasteiger partial charge in [-0.2, -0.15) is 0 Å². The number of anilines is 1. The molecule has 2 amide bonds. The Kier molecular flexibility index (Phi) is 7.37. The van der Waals surface area contributed by atoms with Gasteiger partial charge in [-0.15, -0.1) is 0 Å². The number of fused-ring (bicyclic) bond motifs is 2. The fourth-order valence-electron chi connectivity index (χ4n) is 4.36. The molecule has 13 heteroatoms. The van der Waals surface area contributed by atoms with Crippen LogP contribution in [0.4, 0.5) is 10.6 Å². The van der Waals surface area contributed by atoms with Gasteiger partial charge in [-0.25, -0.2) is 19.7 Å². The van der Waals surface area contributed by atoms with Crippen molar-refractivity contribution in [2.24, 2.45) is 0 Å². The number of hydrogen-bond donors (Lipinski definition) is 4. The van der Waals surface area contributed by atoms with Crippen LogP contribution in [0.2, 0.25) is 0 Å². The summed E-state index contributed by atoms with van der Waals surface area (Å²) in [5, 5.41) is 17.2. The summed E-state index contributed by atoms with van der Waals surface area (Å²) in [6.45, 7) is 2.30. The molecule has 37 heavy (non-hydrogen) atoms. The summed E-state index contributed by atoms with van der Waals surface area (Å²) in [4.78, 5) is 35.9. The van der Waals surface area contributed by atoms with Crippen molar-refractivity contribution in [3.05, 3.63) is 54.6 Å². The fraction of sp³-hybridized carbons (Fsp3) is 0.375. The zero-order chi connectivity index (χ0) is 25.8. The number of hydrogen-bond acceptors (Lipinski definition) is 9. The van der Waals surface area contributed by atoms with Crippen molar-refractivity contribution in [2.45, 2.75) is 37.8 Å². The van der Waals surface area contributed by atoms with E-state index in [1.807, 2.05) is 49.4 Å². The maximum Gasteiger partial charge on any atom is 0.320 e. The van der Waals surface area contributed by atoms with Crippen LogP contribution < -0.4 is 16.0 Å². The number of carbonyl (C=O) groups excluding carboxylic acids is 1. The number of carboxylic acid groups (broad SMARTS) is 1. The Balaban J connectivity index is 1.39. The molecule has 2 aliphatic rings. The van der Waals surface area contributed by atoms with E-state index in [0.29, 0.717) is 17.7 Å². The largest absolute Gasteiger partial charge is 0.480 e. The van der Waals surface area contributed by atoms with Crippen LogP contribution in [0.5, 0.6) is 0 Å². The summed E-state index contributed by atoms with van der Waals surface area (Å²) in [6, 6.07) is 9.37. The van der Waals surface area contributed by atoms with Crippen LogP contribution in [-0.2, 0) is 19.0 Å². The molecule has 2 fully saturated rings. The van der Waals surface area contributed by atoms with Gasteiger partial charge in [-0.1, -0.05) is 36.4 Å². The third-order valence-corrected chi connectivity index (χ3v) is 5.94. The maximum atomic E-state index is 12.0. The number of aromatic nitrogens is 4. The van der Waals surface area contributed by atoms with Crippen molar-refractivity contribution < 1.29 is 28.9 Å². The van der Waals surface area contributed by atoms with E-state index in [-0.39, 0.29) is 18.9 Å². The second kappa shape index (κ2) is 11.0. The fourth-order valence-corrected chi connectivity index (χ4v) is 4.36. The first kappa shape index (κ1) is 24.8. The number of benzene rings is 1. The number of aliphatic carboxylic acids is 1. The molecular weight excluding hydrogens is 482 g/mol. The van der Waals surface area contributed by atoms with Gasteiger partial charge in [0.25, 0.3) is 0 Å². The minimum absolute atomic E-state index is 0.212. The molecule has 3 aromatic rings. The Hall–Kier alpha value is -3.91. The first-order valence-electron chi connectivity index (χ1n) is 11.9. The number of carbonyl (C=O) groups is 2. The summed E-state index contributed by atoms with van der Waals surface area (Å²) in [7, 11) is 0. The molecule has 2 saturated heterocycles. The molecule has 13 nitrogen and oxygen atoms in total. The molecule has 4 heterocycles. The first-order valence-corrected chi connectivity index (χ1v) is 11.9. The SMILES string of the molecule is CCNC(=O)Nc1ncnc2c1ncn2C1OC(CNCC(=O)O)[C@H]2OC(C=Cc3ccccc3)O[C@H]12. The van der Waals surface area contributed by atoms with Crippen LogP contribution in [0, 0.1) is 0 Å². The summed E-state index contributed by atoms with van der Waals surface area (Å²) in [5.41, 5.74) is 1.83. The number of ether oxygens (including phenoxy) is 3. The van der Waals surface area contributed by atoms with Crippen LogP contribution in [0.1, 0.15) is 18.7 Å². The Bertz CT molecular complexity index is 1280. The van der Waals surface area contributed by atoms with E-state index < -0.39 is 42.8 Å². The van der Waals surface area contributed by atoms with Gasteiger partial charge in [0.2, 0.25) is 0 Å². The zero-order valence-electron chi connectivity index (χ0n) is 20.0. The molecule has 3 unspecified atom stereocenters. The first-order chi connectivity index (χ1) is 18.0. The molecule has 2 aliphatic heterocycles. The Morgan fingerprint density at radius 1 is 1.11 bits per heavy atom. The highest BCUT2D eigenvalue weighted by Gasteiger charge is 2.53. The molecule has 1 aromatic carbocycles. The van der Waals surface area contributed by atoms with E-state index in [4.69, 9.17) is 19.3 Å². The normalized spacial score (nSPS) is 24.9. The predicted molar refractivity (Wildman–Crippen MR) is 131 cm³/mol. The lowest BCUT2D eigenvalue weighted by Gasteiger charge is -2.20. The monoisotopic (exact) mass is 509 g/mol. The number of nitrogens with one attached hydrogen (secondary N) is 3. The quantitative estimate of drug-likeness (QED) is 0.331. The van der Waals surface area contributed by atoms with Gasteiger partial charge in [-0.05, 0) is 18.6 Å². The summed E-state index contributed by atoms with van der Waals surface area (Å²) >= 11 is 0. The van der Waals surface area contributed by atoms with E-state index in [9.17, 15) is 9.59 Å². The summed E-state index contributed by atoms with van der Waals surface area (Å²) in [5.74, 6) is -0.709. The molecule has 4 N–H and O–H groups in total. The van der Waals surface area contributed by atoms with Crippen molar-refractivity contribution in [2.75, 3.05) is 25.0 Å². The molecule has 0 radical (unpaired) electrons. The molecule has 0 spiro atoms. The molecule has 5 atom stereocenters. The number of amides is 2. The Morgan fingerprint density at radius 2 is 1.92 bits per heavy atom. The van der Waals surface area contributed by atoms with E-state index in [1.165, 1.54) is 6.33 Å². The molecule has 194 valence electrons. The smallest absolute Gasteiger partial charge is 0.320 e. The number of carboxylic acids is 1. The van der Waals surface area contributed by atoms with Crippen molar-refractivity contribution in [1.29, 1.82) is 0 Å². The molecule has 0 saturated carbocycles. The van der Waals surface area contributed by atoms with Crippen LogP contribution in [-0.4, -0.2) is 80.9 Å². The molecule has 2 aromatic heterocycles. The van der Waals surface area contributed by atoms with Gasteiger partial charge < -0.3 is 30.0 Å². The zero-order valence-corrected chi connectivity index (χ0v) is 20.0. The third-order valence-electron chi connectivity index (χ3n) is 5.94. The highest BCUT2D eigenvalue weighted by atomic mass is 16.8. The minimum Gasteiger partial charge on any atom is -0.480 e. The highest BCUT2D eigenvalue weighted by molar-refractivity contribution is 5.95. The van der Waals surface area contributed by atoms with Gasteiger partial charge in [0.1, 0.15) is 24.6 Å². The second-order valence-electron chi connectivity index (χ2n) is 8.46. The van der Waals surface area contributed by atoms with Gasteiger partial charge in [0, 0.05) is 13.1 Å². The van der Waals surface area contributed by atoms with Crippen molar-refractivity contribution in [3.63, 3.8) is 0 Å². The highest BCUT2D eigenvalue weighted by Crippen LogP contribution is 2.40. The average Bonchev–Trinajstić information content (AvgIpc) is 3.58. The minimum atomic E-state index is -0.970. The standard InChI is InChI=1S/C24H27N7O6/c1-2-26-24(34)30-21-18-22(28-12-27-21)31(13-29-18)23-20-19(15(35-23)10-25-11-16(32)33)36-17(37-20)9-8-14-6-4-3-5-7-14/h3-9,12-13,15,17,19-20,23,25H,2,10-11H2,1H3,(H,32,33)(H2,26,27,28,30,34)/t15?,17?,19-,20+,23?/m1/s1. The number of rotatable bonds is 9. The van der Waals surface area contributed by atoms with Gasteiger partial charge in [0.15, 0.2) is 29.5 Å². The van der Waals surface area contributed by atoms with E-state index in [1.54, 1.807) is 10.9 Å². The average molecular weight is 510 g/mol. The van der Waals surface area contributed by atoms with Crippen LogP contribution >= 0.6 is 0 Å². The lowest BCUT2D eigenvalue weighted by molar-refractivity contribution is -0.137. The molecule has 0 aliphatic carbocycles. The second-order valence-corrected chi connectivity index (χ2v) is 8.46. The van der Waals surface area contributed by atoms with Gasteiger partial charge in [0.05, 0.1) is 12.9 Å². The van der Waals surface area contributed by atoms with E-state index >= 15 is 0 Å². The van der Waals surface area contributed by atoms with Crippen molar-refractivity contribution >= 4 is 35.1 Å². The van der Waals surface area contributed by atoms with Crippen LogP contribution in [0.25, 0.3) is 17.2 Å². The van der Waals surface area contributed by atoms with Crippen LogP contribution in [0.3, 0.4) is 0 Å². The molecule has 5 rings (SSSR count). The Morgan fingerprint density at radius 3 is 2.70 bits per heavy atom. The van der Waals surface area contributed by atoms with Crippen molar-refractivity contribution in [3.8, 4) is 0 Å². The van der Waals surface area contributed by atoms with Crippen molar-refractivity contribution in [1.82, 2.24) is 30.2 Å². The number of urea groups is 1. The van der Waals surface area contributed by atoms with Gasteiger partial charge in [-0.3, -0.25) is 14.7 Å². The molecule has 0 bridgehead atoms. The summed E-state index contributed by atoms with van der Waals surface area (Å²) in [6.07, 6.45) is 3.87. The molecular formula is C24H27N7O6. The van der Waals surface area contributed by atoms with Crippen LogP contribution in [0.15, 0.2) is 49.1 Å². The predicted octanol–water partition coefficient (Wildman–Crippen LogP) is 1.36. The van der Waals surface area contributed by atoms with E-state index in [0.717, 1.165) is 5.56 Å². The van der Waals surface area contributed by atoms with E-state index in [2.05, 4.69) is 30.9 Å². The third kappa shape index (κ3) is 5.44. The topological polar surface area (TPSA) is 162 Å².